The van der Waals surface area contributed by atoms with Crippen molar-refractivity contribution >= 4 is 5.69 Å². The van der Waals surface area contributed by atoms with E-state index in [1.54, 1.807) is 23.8 Å². The lowest BCUT2D eigenvalue weighted by atomic mass is 10.4. The van der Waals surface area contributed by atoms with Gasteiger partial charge in [0.15, 0.2) is 0 Å². The van der Waals surface area contributed by atoms with E-state index in [9.17, 15) is 0 Å². The first-order valence-electron chi connectivity index (χ1n) is 4.86. The Morgan fingerprint density at radius 2 is 2.38 bits per heavy atom. The highest BCUT2D eigenvalue weighted by atomic mass is 16.5. The van der Waals surface area contributed by atoms with E-state index in [2.05, 4.69) is 12.6 Å². The molecule has 2 N–H and O–H groups in total. The molecule has 0 aliphatic heterocycles. The number of methoxy groups -OCH3 is 1. The fourth-order valence-electron chi connectivity index (χ4n) is 1.34. The highest BCUT2D eigenvalue weighted by molar-refractivity contribution is 5.55. The van der Waals surface area contributed by atoms with Crippen LogP contribution in [0.4, 0.5) is 5.69 Å². The van der Waals surface area contributed by atoms with Crippen molar-refractivity contribution in [2.75, 3.05) is 26.1 Å². The van der Waals surface area contributed by atoms with Crippen molar-refractivity contribution in [1.82, 2.24) is 4.57 Å². The summed E-state index contributed by atoms with van der Waals surface area (Å²) in [5.74, 6) is 0.494. The Balaban J connectivity index is 2.91. The summed E-state index contributed by atoms with van der Waals surface area (Å²) >= 11 is 0. The number of anilines is 1. The lowest BCUT2D eigenvalue weighted by Gasteiger charge is -2.10. The number of rotatable bonds is 6. The zero-order valence-electron chi connectivity index (χ0n) is 9.27. The maximum absolute atomic E-state index is 8.91. The second kappa shape index (κ2) is 5.83. The van der Waals surface area contributed by atoms with Crippen LogP contribution >= 0.6 is 0 Å². The van der Waals surface area contributed by atoms with Crippen molar-refractivity contribution in [3.63, 3.8) is 0 Å². The van der Waals surface area contributed by atoms with Gasteiger partial charge in [0, 0.05) is 19.7 Å². The minimum absolute atomic E-state index is 0.396. The first-order chi connectivity index (χ1) is 7.74. The van der Waals surface area contributed by atoms with Crippen LogP contribution < -0.4 is 10.5 Å². The zero-order chi connectivity index (χ0) is 12.0. The highest BCUT2D eigenvalue weighted by Gasteiger charge is 2.13. The van der Waals surface area contributed by atoms with Crippen LogP contribution in [0.2, 0.25) is 0 Å². The molecule has 0 amide bonds. The molecule has 5 nitrogen and oxygen atoms in total. The fraction of sp³-hybridized carbons (Fsp3) is 0.364. The summed E-state index contributed by atoms with van der Waals surface area (Å²) in [6, 6.07) is 3.64. The zero-order valence-corrected chi connectivity index (χ0v) is 9.27. The van der Waals surface area contributed by atoms with Gasteiger partial charge in [-0.05, 0) is 0 Å². The number of nitrogens with two attached hydrogens (primary N) is 1. The van der Waals surface area contributed by atoms with Gasteiger partial charge in [-0.3, -0.25) is 4.57 Å². The summed E-state index contributed by atoms with van der Waals surface area (Å²) in [6.45, 7) is 4.98. The Morgan fingerprint density at radius 1 is 1.62 bits per heavy atom. The molecular weight excluding hydrogens is 206 g/mol. The number of aromatic nitrogens is 1. The van der Waals surface area contributed by atoms with E-state index in [-0.39, 0.29) is 0 Å². The first-order valence-corrected chi connectivity index (χ1v) is 4.86. The van der Waals surface area contributed by atoms with E-state index < -0.39 is 0 Å². The van der Waals surface area contributed by atoms with Crippen molar-refractivity contribution in [3.05, 3.63) is 24.4 Å². The summed E-state index contributed by atoms with van der Waals surface area (Å²) in [7, 11) is 1.59. The van der Waals surface area contributed by atoms with Crippen molar-refractivity contribution < 1.29 is 9.47 Å². The van der Waals surface area contributed by atoms with Crippen molar-refractivity contribution in [3.8, 4) is 11.9 Å². The van der Waals surface area contributed by atoms with E-state index in [1.807, 2.05) is 0 Å². The van der Waals surface area contributed by atoms with Crippen LogP contribution in [0.15, 0.2) is 18.7 Å². The van der Waals surface area contributed by atoms with Crippen LogP contribution in [0.25, 0.3) is 0 Å². The smallest absolute Gasteiger partial charge is 0.218 e. The van der Waals surface area contributed by atoms with E-state index in [0.717, 1.165) is 0 Å². The van der Waals surface area contributed by atoms with Gasteiger partial charge in [0.05, 0.1) is 12.3 Å². The number of nitriles is 1. The molecule has 0 unspecified atom stereocenters. The van der Waals surface area contributed by atoms with Crippen LogP contribution in [-0.2, 0) is 11.3 Å². The third kappa shape index (κ3) is 2.55. The quantitative estimate of drug-likeness (QED) is 0.577. The minimum Gasteiger partial charge on any atom is -0.475 e. The number of allylic oxidation sites excluding steroid dienone is 1. The van der Waals surface area contributed by atoms with E-state index in [0.29, 0.717) is 37.0 Å². The SMILES string of the molecule is C=CCn1c(C#N)cc(N)c1OCCOC. The van der Waals surface area contributed by atoms with Gasteiger partial charge in [0.1, 0.15) is 18.4 Å². The molecule has 0 fully saturated rings. The average molecular weight is 221 g/mol. The number of nitrogen functional groups attached to an aromatic ring is 1. The van der Waals surface area contributed by atoms with Gasteiger partial charge in [-0.1, -0.05) is 6.08 Å². The van der Waals surface area contributed by atoms with Crippen LogP contribution in [-0.4, -0.2) is 24.9 Å². The van der Waals surface area contributed by atoms with E-state index >= 15 is 0 Å². The third-order valence-electron chi connectivity index (χ3n) is 2.03. The molecule has 0 saturated heterocycles. The number of hydrogen-bond acceptors (Lipinski definition) is 4. The fourth-order valence-corrected chi connectivity index (χ4v) is 1.34. The van der Waals surface area contributed by atoms with Crippen molar-refractivity contribution in [2.45, 2.75) is 6.54 Å². The van der Waals surface area contributed by atoms with Crippen LogP contribution in [0.5, 0.6) is 5.88 Å². The Labute approximate surface area is 94.7 Å². The molecule has 1 rings (SSSR count). The molecule has 0 aliphatic carbocycles. The topological polar surface area (TPSA) is 73.2 Å². The molecule has 1 aromatic rings. The molecule has 1 aromatic heterocycles. The van der Waals surface area contributed by atoms with Gasteiger partial charge in [0.25, 0.3) is 0 Å². The number of hydrogen-bond donors (Lipinski definition) is 1. The molecule has 16 heavy (non-hydrogen) atoms. The van der Waals surface area contributed by atoms with Crippen molar-refractivity contribution in [1.29, 1.82) is 5.26 Å². The first kappa shape index (κ1) is 12.1. The lowest BCUT2D eigenvalue weighted by molar-refractivity contribution is 0.142. The molecule has 0 saturated carbocycles. The Hall–Kier alpha value is -1.93. The molecule has 5 heteroatoms. The molecular formula is C11H15N3O2. The van der Waals surface area contributed by atoms with Gasteiger partial charge in [0.2, 0.25) is 5.88 Å². The molecule has 0 radical (unpaired) electrons. The number of nitrogens with zero attached hydrogens (tertiary/aromatic N) is 2. The molecule has 0 atom stereocenters. The van der Waals surface area contributed by atoms with Gasteiger partial charge in [-0.2, -0.15) is 5.26 Å². The molecule has 1 heterocycles. The molecule has 86 valence electrons. The van der Waals surface area contributed by atoms with E-state index in [1.165, 1.54) is 0 Å². The van der Waals surface area contributed by atoms with E-state index in [4.69, 9.17) is 20.5 Å². The highest BCUT2D eigenvalue weighted by Crippen LogP contribution is 2.26. The van der Waals surface area contributed by atoms with Crippen LogP contribution in [0, 0.1) is 11.3 Å². The van der Waals surface area contributed by atoms with Gasteiger partial charge in [-0.15, -0.1) is 6.58 Å². The third-order valence-corrected chi connectivity index (χ3v) is 2.03. The maximum Gasteiger partial charge on any atom is 0.218 e. The monoisotopic (exact) mass is 221 g/mol. The summed E-state index contributed by atoms with van der Waals surface area (Å²) < 4.78 is 12.0. The summed E-state index contributed by atoms with van der Waals surface area (Å²) in [4.78, 5) is 0. The molecule has 0 aromatic carbocycles. The molecule has 0 spiro atoms. The van der Waals surface area contributed by atoms with Gasteiger partial charge < -0.3 is 15.2 Å². The lowest BCUT2D eigenvalue weighted by Crippen LogP contribution is -2.10. The van der Waals surface area contributed by atoms with Crippen molar-refractivity contribution in [2.24, 2.45) is 0 Å². The summed E-state index contributed by atoms with van der Waals surface area (Å²) in [5.41, 5.74) is 6.67. The predicted octanol–water partition coefficient (Wildman–Crippen LogP) is 1.15. The van der Waals surface area contributed by atoms with Crippen LogP contribution in [0.1, 0.15) is 5.69 Å². The molecule has 0 aliphatic rings. The maximum atomic E-state index is 8.91. The Bertz CT molecular complexity index is 404. The Morgan fingerprint density at radius 3 is 2.94 bits per heavy atom. The van der Waals surface area contributed by atoms with Gasteiger partial charge in [-0.25, -0.2) is 0 Å². The second-order valence-corrected chi connectivity index (χ2v) is 3.14. The second-order valence-electron chi connectivity index (χ2n) is 3.14. The minimum atomic E-state index is 0.396. The largest absolute Gasteiger partial charge is 0.475 e. The normalized spacial score (nSPS) is 9.75. The Kier molecular flexibility index (Phi) is 4.42. The average Bonchev–Trinajstić information content (AvgIpc) is 2.57. The number of ether oxygens (including phenoxy) is 2. The molecule has 0 bridgehead atoms. The summed E-state index contributed by atoms with van der Waals surface area (Å²) in [5, 5.41) is 8.91. The van der Waals surface area contributed by atoms with Gasteiger partial charge >= 0.3 is 0 Å². The standard InChI is InChI=1S/C11H15N3O2/c1-3-4-14-9(8-12)7-10(13)11(14)16-6-5-15-2/h3,7H,1,4-6,13H2,2H3. The van der Waals surface area contributed by atoms with Crippen LogP contribution in [0.3, 0.4) is 0 Å². The summed E-state index contributed by atoms with van der Waals surface area (Å²) in [6.07, 6.45) is 1.68. The predicted molar refractivity (Wildman–Crippen MR) is 61.1 cm³/mol.